The van der Waals surface area contributed by atoms with Crippen molar-refractivity contribution in [2.75, 3.05) is 19.8 Å². The van der Waals surface area contributed by atoms with Crippen molar-refractivity contribution >= 4 is 0 Å². The summed E-state index contributed by atoms with van der Waals surface area (Å²) in [4.78, 5) is 0. The van der Waals surface area contributed by atoms with Gasteiger partial charge in [-0.3, -0.25) is 0 Å². The highest BCUT2D eigenvalue weighted by atomic mass is 16.7. The predicted octanol–water partition coefficient (Wildman–Crippen LogP) is 4.84. The zero-order valence-corrected chi connectivity index (χ0v) is 14.7. The standard InChI is InChI=1S/C19H36O3/c1-3-4-10-13-19(21-15-16-22-19)14-11-8-6-5-7-9-12-18(2)17-20/h9,12,18,20H,3-8,10-11,13-17H2,1-2H3/b12-9+/t18-/m1/s1. The second-order valence-electron chi connectivity index (χ2n) is 6.61. The first-order valence-electron chi connectivity index (χ1n) is 9.28. The van der Waals surface area contributed by atoms with Gasteiger partial charge in [0.05, 0.1) is 13.2 Å². The molecule has 0 unspecified atom stereocenters. The third kappa shape index (κ3) is 8.30. The van der Waals surface area contributed by atoms with Crippen molar-refractivity contribution in [1.82, 2.24) is 0 Å². The summed E-state index contributed by atoms with van der Waals surface area (Å²) in [5.74, 6) is 0.0330. The predicted molar refractivity (Wildman–Crippen MR) is 91.9 cm³/mol. The van der Waals surface area contributed by atoms with Gasteiger partial charge in [0, 0.05) is 19.4 Å². The molecular weight excluding hydrogens is 276 g/mol. The van der Waals surface area contributed by atoms with Crippen molar-refractivity contribution in [2.24, 2.45) is 5.92 Å². The third-order valence-corrected chi connectivity index (χ3v) is 4.41. The molecule has 0 amide bonds. The van der Waals surface area contributed by atoms with Gasteiger partial charge in [-0.2, -0.15) is 0 Å². The summed E-state index contributed by atoms with van der Waals surface area (Å²) < 4.78 is 11.8. The average Bonchev–Trinajstić information content (AvgIpc) is 2.99. The molecule has 0 aromatic heterocycles. The van der Waals surface area contributed by atoms with Crippen LogP contribution in [-0.4, -0.2) is 30.7 Å². The van der Waals surface area contributed by atoms with Crippen LogP contribution in [0, 0.1) is 5.92 Å². The normalized spacial score (nSPS) is 19.0. The number of rotatable bonds is 13. The number of ether oxygens (including phenoxy) is 2. The molecule has 1 N–H and O–H groups in total. The van der Waals surface area contributed by atoms with E-state index in [1.165, 1.54) is 44.9 Å². The number of unbranched alkanes of at least 4 members (excludes halogenated alkanes) is 6. The zero-order valence-electron chi connectivity index (χ0n) is 14.7. The molecule has 3 heteroatoms. The summed E-state index contributed by atoms with van der Waals surface area (Å²) in [5.41, 5.74) is 0. The Bertz CT molecular complexity index is 282. The highest BCUT2D eigenvalue weighted by Crippen LogP contribution is 2.31. The van der Waals surface area contributed by atoms with Crippen LogP contribution in [0.4, 0.5) is 0 Å². The maximum atomic E-state index is 8.94. The second-order valence-corrected chi connectivity index (χ2v) is 6.61. The first kappa shape index (κ1) is 19.7. The van der Waals surface area contributed by atoms with Crippen molar-refractivity contribution in [3.05, 3.63) is 12.2 Å². The Balaban J connectivity index is 2.07. The molecule has 1 aliphatic rings. The van der Waals surface area contributed by atoms with Gasteiger partial charge in [0.1, 0.15) is 0 Å². The van der Waals surface area contributed by atoms with Gasteiger partial charge in [-0.05, 0) is 31.6 Å². The fourth-order valence-corrected chi connectivity index (χ4v) is 2.95. The van der Waals surface area contributed by atoms with E-state index in [2.05, 4.69) is 19.1 Å². The Kier molecular flexibility index (Phi) is 10.8. The maximum absolute atomic E-state index is 8.94. The number of allylic oxidation sites excluding steroid dienone is 1. The van der Waals surface area contributed by atoms with E-state index >= 15 is 0 Å². The van der Waals surface area contributed by atoms with Crippen LogP contribution in [0.25, 0.3) is 0 Å². The van der Waals surface area contributed by atoms with Crippen LogP contribution < -0.4 is 0 Å². The fraction of sp³-hybridized carbons (Fsp3) is 0.895. The molecule has 0 radical (unpaired) electrons. The number of aliphatic hydroxyl groups is 1. The number of hydrogen-bond donors (Lipinski definition) is 1. The average molecular weight is 312 g/mol. The van der Waals surface area contributed by atoms with Gasteiger partial charge in [-0.25, -0.2) is 0 Å². The SMILES string of the molecule is CCCCCC1(CCCCCC/C=C/[C@@H](C)CO)OCCO1. The molecule has 130 valence electrons. The number of aliphatic hydroxyl groups excluding tert-OH is 1. The molecule has 1 rings (SSSR count). The molecule has 0 saturated carbocycles. The van der Waals surface area contributed by atoms with E-state index in [0.717, 1.165) is 32.5 Å². The van der Waals surface area contributed by atoms with Crippen molar-refractivity contribution < 1.29 is 14.6 Å². The second kappa shape index (κ2) is 12.1. The van der Waals surface area contributed by atoms with Gasteiger partial charge < -0.3 is 14.6 Å². The zero-order chi connectivity index (χ0) is 16.1. The number of hydrogen-bond acceptors (Lipinski definition) is 3. The molecule has 0 bridgehead atoms. The van der Waals surface area contributed by atoms with Gasteiger partial charge in [-0.1, -0.05) is 51.7 Å². The Morgan fingerprint density at radius 2 is 1.64 bits per heavy atom. The smallest absolute Gasteiger partial charge is 0.168 e. The Labute approximate surface area is 137 Å². The van der Waals surface area contributed by atoms with Crippen LogP contribution in [0.1, 0.15) is 78.1 Å². The van der Waals surface area contributed by atoms with Crippen LogP contribution in [0.2, 0.25) is 0 Å². The van der Waals surface area contributed by atoms with E-state index in [4.69, 9.17) is 14.6 Å². The monoisotopic (exact) mass is 312 g/mol. The minimum Gasteiger partial charge on any atom is -0.396 e. The molecule has 22 heavy (non-hydrogen) atoms. The van der Waals surface area contributed by atoms with Crippen LogP contribution in [-0.2, 0) is 9.47 Å². The molecule has 0 spiro atoms. The molecule has 1 fully saturated rings. The van der Waals surface area contributed by atoms with Gasteiger partial charge >= 0.3 is 0 Å². The van der Waals surface area contributed by atoms with Crippen LogP contribution in [0.15, 0.2) is 12.2 Å². The minimum absolute atomic E-state index is 0.247. The van der Waals surface area contributed by atoms with E-state index in [9.17, 15) is 0 Å². The van der Waals surface area contributed by atoms with Crippen molar-refractivity contribution in [1.29, 1.82) is 0 Å². The van der Waals surface area contributed by atoms with Gasteiger partial charge in [-0.15, -0.1) is 0 Å². The highest BCUT2D eigenvalue weighted by Gasteiger charge is 2.34. The molecule has 0 aromatic rings. The van der Waals surface area contributed by atoms with Gasteiger partial charge in [0.2, 0.25) is 0 Å². The Hall–Kier alpha value is -0.380. The molecular formula is C19H36O3. The molecule has 1 aliphatic heterocycles. The highest BCUT2D eigenvalue weighted by molar-refractivity contribution is 4.85. The molecule has 3 nitrogen and oxygen atoms in total. The molecule has 1 heterocycles. The van der Waals surface area contributed by atoms with Crippen LogP contribution in [0.3, 0.4) is 0 Å². The van der Waals surface area contributed by atoms with Gasteiger partial charge in [0.25, 0.3) is 0 Å². The summed E-state index contributed by atoms with van der Waals surface area (Å²) in [6, 6.07) is 0. The van der Waals surface area contributed by atoms with Crippen molar-refractivity contribution in [2.45, 2.75) is 83.8 Å². The van der Waals surface area contributed by atoms with E-state index in [1.54, 1.807) is 0 Å². The lowest BCUT2D eigenvalue weighted by atomic mass is 10.00. The fourth-order valence-electron chi connectivity index (χ4n) is 2.95. The first-order valence-corrected chi connectivity index (χ1v) is 9.28. The Morgan fingerprint density at radius 1 is 1.00 bits per heavy atom. The summed E-state index contributed by atoms with van der Waals surface area (Å²) in [6.07, 6.45) is 16.2. The largest absolute Gasteiger partial charge is 0.396 e. The quantitative estimate of drug-likeness (QED) is 0.391. The first-order chi connectivity index (χ1) is 10.7. The molecule has 1 atom stereocenters. The molecule has 0 aliphatic carbocycles. The van der Waals surface area contributed by atoms with Crippen molar-refractivity contribution in [3.8, 4) is 0 Å². The summed E-state index contributed by atoms with van der Waals surface area (Å²) in [6.45, 7) is 6.05. The van der Waals surface area contributed by atoms with E-state index < -0.39 is 0 Å². The van der Waals surface area contributed by atoms with Crippen LogP contribution >= 0.6 is 0 Å². The van der Waals surface area contributed by atoms with E-state index in [-0.39, 0.29) is 12.4 Å². The van der Waals surface area contributed by atoms with Gasteiger partial charge in [0.15, 0.2) is 5.79 Å². The van der Waals surface area contributed by atoms with E-state index in [0.29, 0.717) is 5.92 Å². The third-order valence-electron chi connectivity index (χ3n) is 4.41. The maximum Gasteiger partial charge on any atom is 0.168 e. The summed E-state index contributed by atoms with van der Waals surface area (Å²) in [5, 5.41) is 8.94. The molecule has 1 saturated heterocycles. The summed E-state index contributed by atoms with van der Waals surface area (Å²) in [7, 11) is 0. The van der Waals surface area contributed by atoms with Crippen molar-refractivity contribution in [3.63, 3.8) is 0 Å². The minimum atomic E-state index is -0.258. The lowest BCUT2D eigenvalue weighted by molar-refractivity contribution is -0.168. The van der Waals surface area contributed by atoms with E-state index in [1.807, 2.05) is 6.92 Å². The topological polar surface area (TPSA) is 38.7 Å². The Morgan fingerprint density at radius 3 is 2.27 bits per heavy atom. The summed E-state index contributed by atoms with van der Waals surface area (Å²) >= 11 is 0. The van der Waals surface area contributed by atoms with Crippen LogP contribution in [0.5, 0.6) is 0 Å². The molecule has 0 aromatic carbocycles. The lowest BCUT2D eigenvalue weighted by Crippen LogP contribution is -2.30. The lowest BCUT2D eigenvalue weighted by Gasteiger charge is -2.27.